The number of fused-ring (bicyclic) bond motifs is 1. The minimum atomic E-state index is -1.09. The first-order valence-electron chi connectivity index (χ1n) is 8.24. The van der Waals surface area contributed by atoms with Gasteiger partial charge < -0.3 is 14.8 Å². The normalized spacial score (nSPS) is 30.3. The topological polar surface area (TPSA) is 64.6 Å². The van der Waals surface area contributed by atoms with Gasteiger partial charge in [-0.15, -0.1) is 0 Å². The van der Waals surface area contributed by atoms with E-state index < -0.39 is 5.60 Å². The number of hydrogen-bond acceptors (Lipinski definition) is 4. The number of para-hydroxylation sites is 1. The molecule has 5 heteroatoms. The zero-order valence-electron chi connectivity index (χ0n) is 13.8. The van der Waals surface area contributed by atoms with Crippen LogP contribution in [0.2, 0.25) is 0 Å². The molecule has 0 radical (unpaired) electrons. The molecule has 1 unspecified atom stereocenters. The highest BCUT2D eigenvalue weighted by Crippen LogP contribution is 2.41. The maximum absolute atomic E-state index is 12.6. The van der Waals surface area contributed by atoms with Gasteiger partial charge in [0.05, 0.1) is 0 Å². The Morgan fingerprint density at radius 1 is 1.43 bits per heavy atom. The number of esters is 1. The molecule has 0 bridgehead atoms. The molecule has 3 rings (SSSR count). The van der Waals surface area contributed by atoms with Gasteiger partial charge in [0, 0.05) is 6.42 Å². The predicted molar refractivity (Wildman–Crippen MR) is 84.8 cm³/mol. The number of ether oxygens (including phenoxy) is 2. The summed E-state index contributed by atoms with van der Waals surface area (Å²) in [6.45, 7) is 5.68. The molecule has 0 aliphatic carbocycles. The van der Waals surface area contributed by atoms with E-state index in [2.05, 4.69) is 5.32 Å². The molecular formula is C18H23NO4. The van der Waals surface area contributed by atoms with E-state index in [-0.39, 0.29) is 29.9 Å². The smallest absolute Gasteiger partial charge is 0.314 e. The zero-order valence-corrected chi connectivity index (χ0v) is 13.8. The number of hydrogen-bond donors (Lipinski definition) is 1. The van der Waals surface area contributed by atoms with Gasteiger partial charge in [0.1, 0.15) is 11.7 Å². The van der Waals surface area contributed by atoms with Crippen molar-refractivity contribution in [2.24, 2.45) is 11.8 Å². The maximum atomic E-state index is 12.6. The summed E-state index contributed by atoms with van der Waals surface area (Å²) in [5, 5.41) is 2.89. The molecular weight excluding hydrogens is 294 g/mol. The van der Waals surface area contributed by atoms with Gasteiger partial charge in [0.25, 0.3) is 5.91 Å². The Kier molecular flexibility index (Phi) is 4.04. The van der Waals surface area contributed by atoms with Crippen molar-refractivity contribution >= 4 is 11.9 Å². The summed E-state index contributed by atoms with van der Waals surface area (Å²) < 4.78 is 11.1. The monoisotopic (exact) mass is 317 g/mol. The Balaban J connectivity index is 1.67. The average molecular weight is 317 g/mol. The van der Waals surface area contributed by atoms with Gasteiger partial charge in [-0.05, 0) is 30.9 Å². The molecule has 23 heavy (non-hydrogen) atoms. The molecule has 1 amide bonds. The number of nitrogens with one attached hydrogen (secondary N) is 1. The van der Waals surface area contributed by atoms with Crippen LogP contribution in [0.15, 0.2) is 24.3 Å². The third kappa shape index (κ3) is 2.69. The van der Waals surface area contributed by atoms with Crippen molar-refractivity contribution in [1.82, 2.24) is 5.32 Å². The summed E-state index contributed by atoms with van der Waals surface area (Å²) in [5.74, 6) is -0.0275. The third-order valence-corrected chi connectivity index (χ3v) is 5.03. The number of cyclic esters (lactones) is 1. The van der Waals surface area contributed by atoms with E-state index in [9.17, 15) is 9.59 Å². The molecule has 2 aliphatic heterocycles. The van der Waals surface area contributed by atoms with E-state index in [0.717, 1.165) is 24.2 Å². The Morgan fingerprint density at radius 3 is 2.87 bits per heavy atom. The fourth-order valence-electron chi connectivity index (χ4n) is 3.42. The minimum Gasteiger partial charge on any atom is -0.470 e. The van der Waals surface area contributed by atoms with E-state index in [1.807, 2.05) is 38.1 Å². The highest BCUT2D eigenvalue weighted by atomic mass is 16.6. The molecule has 1 N–H and O–H groups in total. The molecule has 1 saturated heterocycles. The summed E-state index contributed by atoms with van der Waals surface area (Å²) in [5.41, 5.74) is 0.0593. The lowest BCUT2D eigenvalue weighted by atomic mass is 9.73. The first kappa shape index (κ1) is 15.8. The van der Waals surface area contributed by atoms with Gasteiger partial charge in [0.2, 0.25) is 5.60 Å². The highest BCUT2D eigenvalue weighted by molar-refractivity contribution is 5.98. The lowest BCUT2D eigenvalue weighted by Crippen LogP contribution is -2.66. The van der Waals surface area contributed by atoms with Gasteiger partial charge >= 0.3 is 5.97 Å². The Bertz CT molecular complexity index is 629. The summed E-state index contributed by atoms with van der Waals surface area (Å²) in [6.07, 6.45) is 2.01. The average Bonchev–Trinajstić information content (AvgIpc) is 2.53. The largest absolute Gasteiger partial charge is 0.470 e. The first-order valence-corrected chi connectivity index (χ1v) is 8.24. The van der Waals surface area contributed by atoms with Crippen LogP contribution in [0.3, 0.4) is 0 Å². The summed E-state index contributed by atoms with van der Waals surface area (Å²) in [7, 11) is 0. The lowest BCUT2D eigenvalue weighted by Gasteiger charge is -2.46. The summed E-state index contributed by atoms with van der Waals surface area (Å²) in [6, 6.07) is 7.83. The van der Waals surface area contributed by atoms with Gasteiger partial charge in [-0.1, -0.05) is 38.5 Å². The van der Waals surface area contributed by atoms with E-state index in [4.69, 9.17) is 9.47 Å². The fourth-order valence-corrected chi connectivity index (χ4v) is 3.42. The van der Waals surface area contributed by atoms with E-state index in [1.54, 1.807) is 6.92 Å². The number of carbonyl (C=O) groups excluding carboxylic acids is 2. The quantitative estimate of drug-likeness (QED) is 0.866. The van der Waals surface area contributed by atoms with Gasteiger partial charge in [-0.25, -0.2) is 0 Å². The van der Waals surface area contributed by atoms with Crippen molar-refractivity contribution in [2.75, 3.05) is 0 Å². The molecule has 1 aromatic carbocycles. The molecule has 2 heterocycles. The van der Waals surface area contributed by atoms with Crippen LogP contribution in [-0.2, 0) is 20.7 Å². The number of aryl methyl sites for hydroxylation is 1. The second kappa shape index (κ2) is 5.87. The van der Waals surface area contributed by atoms with Crippen LogP contribution in [0.25, 0.3) is 0 Å². The SMILES string of the molecule is CC[C@H](C)[C@H]1C(=O)O[C@]1(C)C(=O)NC1CCc2ccccc2O1. The standard InChI is InChI=1S/C18H23NO4/c1-4-11(2)15-16(20)23-18(15,3)17(21)19-14-10-9-12-7-5-6-8-13(12)22-14/h5-8,11,14-15H,4,9-10H2,1-3H3,(H,19,21)/t11-,14?,15-,18-/m0/s1. The van der Waals surface area contributed by atoms with Crippen LogP contribution >= 0.6 is 0 Å². The van der Waals surface area contributed by atoms with Gasteiger partial charge in [-0.2, -0.15) is 0 Å². The van der Waals surface area contributed by atoms with Crippen molar-refractivity contribution in [3.05, 3.63) is 29.8 Å². The Labute approximate surface area is 136 Å². The van der Waals surface area contributed by atoms with Crippen LogP contribution in [0.5, 0.6) is 5.75 Å². The third-order valence-electron chi connectivity index (χ3n) is 5.03. The molecule has 4 atom stereocenters. The van der Waals surface area contributed by atoms with Crippen LogP contribution < -0.4 is 10.1 Å². The van der Waals surface area contributed by atoms with Gasteiger partial charge in [-0.3, -0.25) is 9.59 Å². The van der Waals surface area contributed by atoms with Crippen LogP contribution in [-0.4, -0.2) is 23.7 Å². The number of carbonyl (C=O) groups is 2. The lowest BCUT2D eigenvalue weighted by molar-refractivity contribution is -0.217. The number of benzene rings is 1. The van der Waals surface area contributed by atoms with Crippen molar-refractivity contribution in [1.29, 1.82) is 0 Å². The molecule has 0 aromatic heterocycles. The molecule has 0 spiro atoms. The zero-order chi connectivity index (χ0) is 16.6. The molecule has 0 saturated carbocycles. The Hall–Kier alpha value is -2.04. The van der Waals surface area contributed by atoms with Crippen molar-refractivity contribution in [3.63, 3.8) is 0 Å². The van der Waals surface area contributed by atoms with E-state index >= 15 is 0 Å². The number of amides is 1. The predicted octanol–water partition coefficient (Wildman–Crippen LogP) is 2.43. The molecule has 124 valence electrons. The van der Waals surface area contributed by atoms with Crippen molar-refractivity contribution in [2.45, 2.75) is 51.9 Å². The molecule has 1 aromatic rings. The summed E-state index contributed by atoms with van der Waals surface area (Å²) in [4.78, 5) is 24.4. The Morgan fingerprint density at radius 2 is 2.17 bits per heavy atom. The van der Waals surface area contributed by atoms with Crippen molar-refractivity contribution in [3.8, 4) is 5.75 Å². The van der Waals surface area contributed by atoms with Crippen LogP contribution in [0.4, 0.5) is 0 Å². The number of rotatable bonds is 4. The minimum absolute atomic E-state index is 0.111. The molecule has 2 aliphatic rings. The second-order valence-corrected chi connectivity index (χ2v) is 6.62. The fraction of sp³-hybridized carbons (Fsp3) is 0.556. The van der Waals surface area contributed by atoms with Crippen molar-refractivity contribution < 1.29 is 19.1 Å². The molecule has 1 fully saturated rings. The van der Waals surface area contributed by atoms with Gasteiger partial charge in [0.15, 0.2) is 6.23 Å². The van der Waals surface area contributed by atoms with Crippen LogP contribution in [0, 0.1) is 11.8 Å². The highest BCUT2D eigenvalue weighted by Gasteiger charge is 2.60. The van der Waals surface area contributed by atoms with Crippen LogP contribution in [0.1, 0.15) is 39.2 Å². The summed E-state index contributed by atoms with van der Waals surface area (Å²) >= 11 is 0. The maximum Gasteiger partial charge on any atom is 0.314 e. The second-order valence-electron chi connectivity index (χ2n) is 6.62. The van der Waals surface area contributed by atoms with E-state index in [1.165, 1.54) is 0 Å². The first-order chi connectivity index (χ1) is 11.0. The van der Waals surface area contributed by atoms with E-state index in [0.29, 0.717) is 6.42 Å². The molecule has 5 nitrogen and oxygen atoms in total.